The van der Waals surface area contributed by atoms with Gasteiger partial charge in [-0.1, -0.05) is 11.2 Å². The minimum Gasteiger partial charge on any atom is -0.379 e. The molecule has 26 heavy (non-hydrogen) atoms. The van der Waals surface area contributed by atoms with Crippen LogP contribution in [0, 0.1) is 11.6 Å². The molecule has 0 spiro atoms. The minimum absolute atomic E-state index is 0.129. The Balaban J connectivity index is 1.66. The highest BCUT2D eigenvalue weighted by molar-refractivity contribution is 5.86. The summed E-state index contributed by atoms with van der Waals surface area (Å²) in [6.45, 7) is 1.15. The summed E-state index contributed by atoms with van der Waals surface area (Å²) >= 11 is 0. The Morgan fingerprint density at radius 2 is 2.15 bits per heavy atom. The van der Waals surface area contributed by atoms with E-state index in [0.29, 0.717) is 37.3 Å². The largest absolute Gasteiger partial charge is 0.379 e. The van der Waals surface area contributed by atoms with Crippen LogP contribution in [-0.2, 0) is 17.9 Å². The van der Waals surface area contributed by atoms with Gasteiger partial charge in [-0.3, -0.25) is 9.69 Å². The monoisotopic (exact) mass is 365 g/mol. The molecular weight excluding hydrogens is 344 g/mol. The van der Waals surface area contributed by atoms with Gasteiger partial charge in [-0.25, -0.2) is 8.78 Å². The normalized spacial score (nSPS) is 20.8. The van der Waals surface area contributed by atoms with Crippen LogP contribution in [0.3, 0.4) is 0 Å². The molecule has 1 aliphatic heterocycles. The summed E-state index contributed by atoms with van der Waals surface area (Å²) in [6, 6.07) is 5.27. The number of aromatic nitrogens is 1. The number of benzene rings is 1. The van der Waals surface area contributed by atoms with Crippen LogP contribution in [0.15, 0.2) is 35.0 Å². The van der Waals surface area contributed by atoms with Crippen LogP contribution in [0.4, 0.5) is 8.78 Å². The van der Waals surface area contributed by atoms with Crippen molar-refractivity contribution < 1.29 is 23.2 Å². The van der Waals surface area contributed by atoms with Gasteiger partial charge in [0, 0.05) is 25.7 Å². The molecule has 3 rings (SSSR count). The lowest BCUT2D eigenvalue weighted by atomic mass is 9.90. The van der Waals surface area contributed by atoms with Crippen LogP contribution < -0.4 is 0 Å². The average Bonchev–Trinajstić information content (AvgIpc) is 3.08. The maximum atomic E-state index is 13.4. The highest BCUT2D eigenvalue weighted by Crippen LogP contribution is 2.26. The molecular formula is C18H21F2N3O3. The zero-order valence-electron chi connectivity index (χ0n) is 14.5. The fourth-order valence-corrected chi connectivity index (χ4v) is 3.31. The van der Waals surface area contributed by atoms with Crippen molar-refractivity contribution in [3.05, 3.63) is 53.4 Å². The maximum absolute atomic E-state index is 13.4. The quantitative estimate of drug-likeness (QED) is 0.847. The van der Waals surface area contributed by atoms with Gasteiger partial charge in [0.1, 0.15) is 0 Å². The molecule has 8 heteroatoms. The number of carbonyl (C=O) groups excluding carboxylic acids is 1. The van der Waals surface area contributed by atoms with Gasteiger partial charge in [0.25, 0.3) is 5.91 Å². The van der Waals surface area contributed by atoms with E-state index in [0.717, 1.165) is 12.1 Å². The number of rotatable bonds is 6. The van der Waals surface area contributed by atoms with Crippen molar-refractivity contribution in [3.8, 4) is 0 Å². The molecule has 2 aromatic rings. The van der Waals surface area contributed by atoms with Crippen molar-refractivity contribution in [2.24, 2.45) is 0 Å². The van der Waals surface area contributed by atoms with Gasteiger partial charge in [0.2, 0.25) is 0 Å². The standard InChI is InChI=1S/C18H21F2N3O3/c1-22(11-14-5-7-21-26-14)12-18(25)6-2-8-23(17(18)24)10-13-3-4-15(19)16(20)9-13/h3-5,7,9,25H,2,6,8,10-12H2,1H3. The van der Waals surface area contributed by atoms with Crippen LogP contribution in [0.1, 0.15) is 24.2 Å². The van der Waals surface area contributed by atoms with E-state index >= 15 is 0 Å². The van der Waals surface area contributed by atoms with Crippen LogP contribution in [0.2, 0.25) is 0 Å². The number of aliphatic hydroxyl groups is 1. The number of halogens is 2. The molecule has 1 saturated heterocycles. The van der Waals surface area contributed by atoms with Crippen molar-refractivity contribution in [2.75, 3.05) is 20.1 Å². The molecule has 1 atom stereocenters. The van der Waals surface area contributed by atoms with E-state index in [4.69, 9.17) is 4.52 Å². The first-order valence-electron chi connectivity index (χ1n) is 8.41. The van der Waals surface area contributed by atoms with Gasteiger partial charge in [-0.15, -0.1) is 0 Å². The van der Waals surface area contributed by atoms with Crippen molar-refractivity contribution >= 4 is 5.91 Å². The second-order valence-electron chi connectivity index (χ2n) is 6.76. The first-order chi connectivity index (χ1) is 12.4. The maximum Gasteiger partial charge on any atom is 0.256 e. The lowest BCUT2D eigenvalue weighted by molar-refractivity contribution is -0.160. The molecule has 6 nitrogen and oxygen atoms in total. The SMILES string of the molecule is CN(Cc1ccno1)CC1(O)CCCN(Cc2ccc(F)c(F)c2)C1=O. The zero-order chi connectivity index (χ0) is 18.7. The van der Waals surface area contributed by atoms with Gasteiger partial charge in [-0.05, 0) is 37.6 Å². The molecule has 0 saturated carbocycles. The highest BCUT2D eigenvalue weighted by Gasteiger charge is 2.42. The van der Waals surface area contributed by atoms with Crippen molar-refractivity contribution in [3.63, 3.8) is 0 Å². The van der Waals surface area contributed by atoms with Gasteiger partial charge < -0.3 is 14.5 Å². The topological polar surface area (TPSA) is 69.8 Å². The molecule has 0 bridgehead atoms. The number of hydrogen-bond acceptors (Lipinski definition) is 5. The fraction of sp³-hybridized carbons (Fsp3) is 0.444. The fourth-order valence-electron chi connectivity index (χ4n) is 3.31. The first-order valence-corrected chi connectivity index (χ1v) is 8.41. The minimum atomic E-state index is -1.52. The summed E-state index contributed by atoms with van der Waals surface area (Å²) < 4.78 is 31.5. The Morgan fingerprint density at radius 1 is 1.35 bits per heavy atom. The lowest BCUT2D eigenvalue weighted by Gasteiger charge is -2.40. The summed E-state index contributed by atoms with van der Waals surface area (Å²) in [5.41, 5.74) is -1.04. The molecule has 1 aromatic carbocycles. The van der Waals surface area contributed by atoms with E-state index in [-0.39, 0.29) is 13.1 Å². The third kappa shape index (κ3) is 4.08. The van der Waals surface area contributed by atoms with Crippen LogP contribution >= 0.6 is 0 Å². The predicted molar refractivity (Wildman–Crippen MR) is 88.8 cm³/mol. The number of amides is 1. The molecule has 1 unspecified atom stereocenters. The van der Waals surface area contributed by atoms with Crippen LogP contribution in [0.5, 0.6) is 0 Å². The first kappa shape index (κ1) is 18.5. The average molecular weight is 365 g/mol. The van der Waals surface area contributed by atoms with Gasteiger partial charge >= 0.3 is 0 Å². The Morgan fingerprint density at radius 3 is 2.85 bits per heavy atom. The second kappa shape index (κ2) is 7.51. The summed E-state index contributed by atoms with van der Waals surface area (Å²) in [5, 5.41) is 14.5. The third-order valence-electron chi connectivity index (χ3n) is 4.51. The van der Waals surface area contributed by atoms with Crippen molar-refractivity contribution in [1.82, 2.24) is 15.0 Å². The van der Waals surface area contributed by atoms with E-state index in [9.17, 15) is 18.7 Å². The Kier molecular flexibility index (Phi) is 5.33. The summed E-state index contributed by atoms with van der Waals surface area (Å²) in [6.07, 6.45) is 2.51. The predicted octanol–water partition coefficient (Wildman–Crippen LogP) is 1.94. The van der Waals surface area contributed by atoms with Crippen molar-refractivity contribution in [1.29, 1.82) is 0 Å². The number of hydrogen-bond donors (Lipinski definition) is 1. The van der Waals surface area contributed by atoms with Crippen LogP contribution in [-0.4, -0.2) is 51.7 Å². The number of likely N-dealkylation sites (tertiary alicyclic amines) is 1. The number of carbonyl (C=O) groups is 1. The summed E-state index contributed by atoms with van der Waals surface area (Å²) in [5.74, 6) is -1.64. The number of piperidine rings is 1. The van der Waals surface area contributed by atoms with E-state index < -0.39 is 23.1 Å². The molecule has 1 amide bonds. The van der Waals surface area contributed by atoms with E-state index in [1.165, 1.54) is 17.2 Å². The Hall–Kier alpha value is -2.32. The molecule has 2 heterocycles. The second-order valence-corrected chi connectivity index (χ2v) is 6.76. The molecule has 0 radical (unpaired) electrons. The number of likely N-dealkylation sites (N-methyl/N-ethyl adjacent to an activating group) is 1. The molecule has 0 aliphatic carbocycles. The summed E-state index contributed by atoms with van der Waals surface area (Å²) in [7, 11) is 1.78. The van der Waals surface area contributed by atoms with Gasteiger partial charge in [-0.2, -0.15) is 0 Å². The molecule has 1 aliphatic rings. The van der Waals surface area contributed by atoms with Gasteiger partial charge in [0.15, 0.2) is 23.0 Å². The molecule has 1 aromatic heterocycles. The molecule has 1 fully saturated rings. The van der Waals surface area contributed by atoms with E-state index in [1.807, 2.05) is 0 Å². The van der Waals surface area contributed by atoms with Crippen LogP contribution in [0.25, 0.3) is 0 Å². The van der Waals surface area contributed by atoms with Crippen molar-refractivity contribution in [2.45, 2.75) is 31.5 Å². The molecule has 140 valence electrons. The molecule has 1 N–H and O–H groups in total. The highest BCUT2D eigenvalue weighted by atomic mass is 19.2. The zero-order valence-corrected chi connectivity index (χ0v) is 14.5. The smallest absolute Gasteiger partial charge is 0.256 e. The van der Waals surface area contributed by atoms with E-state index in [1.54, 1.807) is 18.0 Å². The Labute approximate surface area is 150 Å². The summed E-state index contributed by atoms with van der Waals surface area (Å²) in [4.78, 5) is 16.1. The van der Waals surface area contributed by atoms with E-state index in [2.05, 4.69) is 5.16 Å². The Bertz CT molecular complexity index is 769. The number of nitrogens with zero attached hydrogens (tertiary/aromatic N) is 3. The lowest BCUT2D eigenvalue weighted by Crippen LogP contribution is -2.57. The van der Waals surface area contributed by atoms with Gasteiger partial charge in [0.05, 0.1) is 12.7 Å². The third-order valence-corrected chi connectivity index (χ3v) is 4.51.